The van der Waals surface area contributed by atoms with Crippen molar-refractivity contribution in [2.75, 3.05) is 6.26 Å². The second kappa shape index (κ2) is 2.53. The lowest BCUT2D eigenvalue weighted by Crippen LogP contribution is -2.15. The van der Waals surface area contributed by atoms with Crippen molar-refractivity contribution in [3.05, 3.63) is 17.5 Å². The molecule has 0 saturated heterocycles. The summed E-state index contributed by atoms with van der Waals surface area (Å²) in [5.74, 6) is 0. The van der Waals surface area contributed by atoms with Gasteiger partial charge in [-0.2, -0.15) is 14.2 Å². The quantitative estimate of drug-likeness (QED) is 0.659. The van der Waals surface area contributed by atoms with Crippen molar-refractivity contribution < 1.29 is 13.6 Å². The molecule has 0 unspecified atom stereocenters. The van der Waals surface area contributed by atoms with Crippen molar-refractivity contribution in [1.29, 1.82) is 0 Å². The second-order valence-corrected chi connectivity index (χ2v) is 4.90. The number of rotatable bonds is 1. The van der Waals surface area contributed by atoms with E-state index >= 15 is 0 Å². The molecule has 1 aromatic rings. The molecule has 1 N–H and O–H groups in total. The van der Waals surface area contributed by atoms with Crippen LogP contribution >= 0.6 is 0 Å². The lowest BCUT2D eigenvalue weighted by molar-refractivity contribution is -0.0978. The molecule has 1 aromatic heterocycles. The Morgan fingerprint density at radius 1 is 1.54 bits per heavy atom. The maximum Gasteiger partial charge on any atom is 0.250 e. The molecule has 0 bridgehead atoms. The van der Waals surface area contributed by atoms with Crippen LogP contribution in [0.2, 0.25) is 0 Å². The van der Waals surface area contributed by atoms with Crippen LogP contribution in [-0.4, -0.2) is 34.1 Å². The van der Waals surface area contributed by atoms with E-state index in [0.717, 1.165) is 21.0 Å². The van der Waals surface area contributed by atoms with Crippen LogP contribution in [0.4, 0.5) is 0 Å². The summed E-state index contributed by atoms with van der Waals surface area (Å²) in [4.78, 5) is 0. The van der Waals surface area contributed by atoms with E-state index < -0.39 is 10.0 Å². The molecule has 2 heterocycles. The van der Waals surface area contributed by atoms with Crippen LogP contribution in [0.25, 0.3) is 0 Å². The topological polar surface area (TPSA) is 75.4 Å². The van der Waals surface area contributed by atoms with Crippen LogP contribution in [0, 0.1) is 0 Å². The van der Waals surface area contributed by atoms with Gasteiger partial charge < -0.3 is 5.21 Å². The fourth-order valence-electron chi connectivity index (χ4n) is 1.28. The van der Waals surface area contributed by atoms with E-state index in [9.17, 15) is 8.42 Å². The number of hydroxylamine groups is 2. The van der Waals surface area contributed by atoms with Crippen molar-refractivity contribution >= 4 is 10.0 Å². The zero-order valence-electron chi connectivity index (χ0n) is 7.01. The molecular formula is C6H9N3O3S. The van der Waals surface area contributed by atoms with Gasteiger partial charge in [0.15, 0.2) is 0 Å². The fourth-order valence-corrected chi connectivity index (χ4v) is 1.85. The first-order chi connectivity index (χ1) is 5.97. The standard InChI is InChI=1S/C6H9N3O3S/c1-13(11,12)9-3-5-2-8(10)4-6(5)7-9/h3,10H,2,4H2,1H3. The zero-order chi connectivity index (χ0) is 9.64. The van der Waals surface area contributed by atoms with Crippen LogP contribution in [0.5, 0.6) is 0 Å². The van der Waals surface area contributed by atoms with Gasteiger partial charge >= 0.3 is 0 Å². The third-order valence-corrected chi connectivity index (χ3v) is 2.75. The second-order valence-electron chi connectivity index (χ2n) is 3.06. The van der Waals surface area contributed by atoms with Gasteiger partial charge in [-0.3, -0.25) is 0 Å². The third kappa shape index (κ3) is 1.45. The number of hydrogen-bond acceptors (Lipinski definition) is 5. The molecule has 13 heavy (non-hydrogen) atoms. The molecule has 0 amide bonds. The highest BCUT2D eigenvalue weighted by molar-refractivity contribution is 7.89. The summed E-state index contributed by atoms with van der Waals surface area (Å²) in [6.07, 6.45) is 2.52. The Morgan fingerprint density at radius 2 is 2.23 bits per heavy atom. The smallest absolute Gasteiger partial charge is 0.250 e. The first-order valence-corrected chi connectivity index (χ1v) is 5.53. The van der Waals surface area contributed by atoms with E-state index in [-0.39, 0.29) is 6.54 Å². The summed E-state index contributed by atoms with van der Waals surface area (Å²) in [5, 5.41) is 14.0. The summed E-state index contributed by atoms with van der Waals surface area (Å²) in [6, 6.07) is 0. The van der Waals surface area contributed by atoms with Crippen LogP contribution in [0.15, 0.2) is 6.20 Å². The van der Waals surface area contributed by atoms with Crippen LogP contribution in [0.3, 0.4) is 0 Å². The van der Waals surface area contributed by atoms with E-state index in [1.165, 1.54) is 6.20 Å². The van der Waals surface area contributed by atoms with E-state index in [1.807, 2.05) is 0 Å². The average Bonchev–Trinajstić information content (AvgIpc) is 2.40. The Hall–Kier alpha value is -0.920. The molecule has 0 fully saturated rings. The van der Waals surface area contributed by atoms with Gasteiger partial charge in [-0.15, -0.1) is 0 Å². The van der Waals surface area contributed by atoms with Gasteiger partial charge in [0, 0.05) is 11.8 Å². The predicted molar refractivity (Wildman–Crippen MR) is 43.5 cm³/mol. The summed E-state index contributed by atoms with van der Waals surface area (Å²) in [7, 11) is -3.29. The minimum absolute atomic E-state index is 0.290. The highest BCUT2D eigenvalue weighted by Gasteiger charge is 2.23. The molecule has 2 rings (SSSR count). The van der Waals surface area contributed by atoms with Crippen LogP contribution < -0.4 is 0 Å². The Bertz CT molecular complexity index is 412. The Morgan fingerprint density at radius 3 is 2.77 bits per heavy atom. The highest BCUT2D eigenvalue weighted by atomic mass is 32.2. The monoisotopic (exact) mass is 203 g/mol. The summed E-state index contributed by atoms with van der Waals surface area (Å²) in [5.41, 5.74) is 1.38. The van der Waals surface area contributed by atoms with E-state index in [0.29, 0.717) is 12.2 Å². The van der Waals surface area contributed by atoms with Gasteiger partial charge in [-0.25, -0.2) is 8.42 Å². The lowest BCUT2D eigenvalue weighted by Gasteiger charge is -2.03. The molecule has 1 aliphatic heterocycles. The summed E-state index contributed by atoms with van der Waals surface area (Å²) in [6.45, 7) is 0.628. The molecule has 72 valence electrons. The molecule has 0 aliphatic carbocycles. The van der Waals surface area contributed by atoms with E-state index in [2.05, 4.69) is 5.10 Å². The number of fused-ring (bicyclic) bond motifs is 1. The molecule has 0 saturated carbocycles. The Kier molecular flexibility index (Phi) is 1.69. The van der Waals surface area contributed by atoms with Crippen molar-refractivity contribution in [3.8, 4) is 0 Å². The maximum atomic E-state index is 11.0. The van der Waals surface area contributed by atoms with Gasteiger partial charge in [0.1, 0.15) is 0 Å². The normalized spacial score (nSPS) is 17.7. The summed E-state index contributed by atoms with van der Waals surface area (Å²) >= 11 is 0. The minimum atomic E-state index is -3.29. The molecule has 0 atom stereocenters. The van der Waals surface area contributed by atoms with Crippen molar-refractivity contribution in [2.24, 2.45) is 0 Å². The number of aromatic nitrogens is 2. The first-order valence-electron chi connectivity index (χ1n) is 3.68. The SMILES string of the molecule is CS(=O)(=O)n1cc2c(n1)CN(O)C2. The van der Waals surface area contributed by atoms with Gasteiger partial charge in [0.25, 0.3) is 10.0 Å². The van der Waals surface area contributed by atoms with Crippen molar-refractivity contribution in [3.63, 3.8) is 0 Å². The molecule has 1 aliphatic rings. The van der Waals surface area contributed by atoms with Gasteiger partial charge in [-0.05, 0) is 0 Å². The molecule has 0 aromatic carbocycles. The van der Waals surface area contributed by atoms with Gasteiger partial charge in [0.2, 0.25) is 0 Å². The Labute approximate surface area is 75.4 Å². The lowest BCUT2D eigenvalue weighted by atomic mass is 10.3. The van der Waals surface area contributed by atoms with Gasteiger partial charge in [0.05, 0.1) is 25.0 Å². The van der Waals surface area contributed by atoms with E-state index in [1.54, 1.807) is 0 Å². The van der Waals surface area contributed by atoms with E-state index in [4.69, 9.17) is 5.21 Å². The molecular weight excluding hydrogens is 194 g/mol. The molecule has 7 heteroatoms. The van der Waals surface area contributed by atoms with Crippen molar-refractivity contribution in [2.45, 2.75) is 13.1 Å². The highest BCUT2D eigenvalue weighted by Crippen LogP contribution is 2.19. The zero-order valence-corrected chi connectivity index (χ0v) is 7.82. The fraction of sp³-hybridized carbons (Fsp3) is 0.500. The number of hydrogen-bond donors (Lipinski definition) is 1. The number of nitrogens with zero attached hydrogens (tertiary/aromatic N) is 3. The average molecular weight is 203 g/mol. The molecule has 6 nitrogen and oxygen atoms in total. The molecule has 0 spiro atoms. The van der Waals surface area contributed by atoms with Gasteiger partial charge in [-0.1, -0.05) is 0 Å². The third-order valence-electron chi connectivity index (χ3n) is 1.88. The minimum Gasteiger partial charge on any atom is -0.313 e. The first kappa shape index (κ1) is 8.67. The van der Waals surface area contributed by atoms with Crippen LogP contribution in [0.1, 0.15) is 11.3 Å². The van der Waals surface area contributed by atoms with Crippen molar-refractivity contribution in [1.82, 2.24) is 14.2 Å². The largest absolute Gasteiger partial charge is 0.313 e. The predicted octanol–water partition coefficient (Wildman–Crippen LogP) is -0.604. The maximum absolute atomic E-state index is 11.0. The summed E-state index contributed by atoms with van der Waals surface area (Å²) < 4.78 is 23.0. The molecule has 0 radical (unpaired) electrons. The Balaban J connectivity index is 2.43. The van der Waals surface area contributed by atoms with Crippen LogP contribution in [-0.2, 0) is 23.1 Å².